The fourth-order valence-electron chi connectivity index (χ4n) is 0.753. The van der Waals surface area contributed by atoms with Crippen LogP contribution in [0.2, 0.25) is 0 Å². The molecular formula is C8H13NO. The molecule has 0 rings (SSSR count). The highest BCUT2D eigenvalue weighted by Crippen LogP contribution is 2.03. The van der Waals surface area contributed by atoms with Crippen molar-refractivity contribution in [1.29, 1.82) is 5.26 Å². The van der Waals surface area contributed by atoms with Crippen LogP contribution < -0.4 is 0 Å². The summed E-state index contributed by atoms with van der Waals surface area (Å²) in [6, 6.07) is 1.95. The monoisotopic (exact) mass is 139 g/mol. The fraction of sp³-hybridized carbons (Fsp3) is 0.750. The van der Waals surface area contributed by atoms with E-state index in [4.69, 9.17) is 5.26 Å². The molecule has 0 spiro atoms. The second-order valence-electron chi connectivity index (χ2n) is 2.79. The Balaban J connectivity index is 3.37. The van der Waals surface area contributed by atoms with E-state index in [1.54, 1.807) is 0 Å². The number of nitriles is 1. The Morgan fingerprint density at radius 2 is 2.20 bits per heavy atom. The van der Waals surface area contributed by atoms with Crippen molar-refractivity contribution in [3.8, 4) is 6.07 Å². The van der Waals surface area contributed by atoms with Crippen LogP contribution in [0.1, 0.15) is 33.1 Å². The Morgan fingerprint density at radius 3 is 2.60 bits per heavy atom. The Hall–Kier alpha value is -0.840. The van der Waals surface area contributed by atoms with Gasteiger partial charge in [-0.2, -0.15) is 5.26 Å². The Bertz CT molecular complexity index is 144. The van der Waals surface area contributed by atoms with Crippen LogP contribution in [0.5, 0.6) is 0 Å². The third-order valence-electron chi connectivity index (χ3n) is 1.15. The van der Waals surface area contributed by atoms with Crippen molar-refractivity contribution in [2.45, 2.75) is 33.1 Å². The number of nitrogens with zero attached hydrogens (tertiary/aromatic N) is 1. The lowest BCUT2D eigenvalue weighted by atomic mass is 10.0. The zero-order chi connectivity index (χ0) is 7.98. The van der Waals surface area contributed by atoms with Gasteiger partial charge in [-0.3, -0.25) is 4.79 Å². The Morgan fingerprint density at radius 1 is 1.60 bits per heavy atom. The number of rotatable bonds is 4. The lowest BCUT2D eigenvalue weighted by Gasteiger charge is -1.99. The fourth-order valence-corrected chi connectivity index (χ4v) is 0.753. The molecule has 0 aliphatic carbocycles. The van der Waals surface area contributed by atoms with Crippen molar-refractivity contribution in [3.63, 3.8) is 0 Å². The highest BCUT2D eigenvalue weighted by molar-refractivity contribution is 5.78. The van der Waals surface area contributed by atoms with Crippen LogP contribution in [-0.4, -0.2) is 5.78 Å². The van der Waals surface area contributed by atoms with E-state index < -0.39 is 0 Å². The molecule has 0 aromatic heterocycles. The maximum absolute atomic E-state index is 10.9. The Kier molecular flexibility index (Phi) is 4.57. The normalized spacial score (nSPS) is 9.40. The topological polar surface area (TPSA) is 40.9 Å². The van der Waals surface area contributed by atoms with Gasteiger partial charge in [0.25, 0.3) is 0 Å². The van der Waals surface area contributed by atoms with E-state index in [1.165, 1.54) is 0 Å². The summed E-state index contributed by atoms with van der Waals surface area (Å²) in [6.07, 6.45) is 1.40. The quantitative estimate of drug-likeness (QED) is 0.597. The molecule has 0 fully saturated rings. The van der Waals surface area contributed by atoms with Crippen LogP contribution in [0.3, 0.4) is 0 Å². The van der Waals surface area contributed by atoms with Crippen molar-refractivity contribution in [3.05, 3.63) is 0 Å². The van der Waals surface area contributed by atoms with Gasteiger partial charge in [0.05, 0.1) is 6.07 Å². The van der Waals surface area contributed by atoms with Crippen LogP contribution in [0.25, 0.3) is 0 Å². The van der Waals surface area contributed by atoms with Gasteiger partial charge in [-0.1, -0.05) is 13.8 Å². The van der Waals surface area contributed by atoms with Crippen LogP contribution in [-0.2, 0) is 4.79 Å². The summed E-state index contributed by atoms with van der Waals surface area (Å²) in [4.78, 5) is 10.9. The third-order valence-corrected chi connectivity index (χ3v) is 1.15. The number of carbonyl (C=O) groups excluding carboxylic acids is 1. The molecule has 0 saturated heterocycles. The number of carbonyl (C=O) groups is 1. The predicted molar refractivity (Wildman–Crippen MR) is 39.3 cm³/mol. The van der Waals surface area contributed by atoms with Gasteiger partial charge in [-0.05, 0) is 5.92 Å². The van der Waals surface area contributed by atoms with Crippen molar-refractivity contribution < 1.29 is 4.79 Å². The van der Waals surface area contributed by atoms with E-state index in [0.29, 0.717) is 25.2 Å². The summed E-state index contributed by atoms with van der Waals surface area (Å²) in [5.41, 5.74) is 0. The van der Waals surface area contributed by atoms with Gasteiger partial charge in [0, 0.05) is 19.3 Å². The molecule has 0 unspecified atom stereocenters. The molecule has 2 heteroatoms. The summed E-state index contributed by atoms with van der Waals surface area (Å²) in [6.45, 7) is 4.01. The maximum Gasteiger partial charge on any atom is 0.134 e. The van der Waals surface area contributed by atoms with Gasteiger partial charge in [-0.15, -0.1) is 0 Å². The Labute approximate surface area is 61.8 Å². The maximum atomic E-state index is 10.9. The summed E-state index contributed by atoms with van der Waals surface area (Å²) < 4.78 is 0. The summed E-state index contributed by atoms with van der Waals surface area (Å²) in [5.74, 6) is 0.628. The number of Topliss-reactive ketones (excluding diaryl/α,β-unsaturated/α-hetero) is 1. The molecule has 56 valence electrons. The van der Waals surface area contributed by atoms with E-state index in [2.05, 4.69) is 0 Å². The van der Waals surface area contributed by atoms with E-state index in [-0.39, 0.29) is 5.78 Å². The molecule has 0 amide bonds. The molecule has 10 heavy (non-hydrogen) atoms. The second kappa shape index (κ2) is 4.99. The van der Waals surface area contributed by atoms with Crippen molar-refractivity contribution >= 4 is 5.78 Å². The van der Waals surface area contributed by atoms with Crippen molar-refractivity contribution in [2.24, 2.45) is 5.92 Å². The minimum Gasteiger partial charge on any atom is -0.300 e. The number of hydrogen-bond donors (Lipinski definition) is 0. The lowest BCUT2D eigenvalue weighted by molar-refractivity contribution is -0.119. The van der Waals surface area contributed by atoms with Crippen LogP contribution in [0.15, 0.2) is 0 Å². The first-order valence-electron chi connectivity index (χ1n) is 3.55. The average Bonchev–Trinajstić information content (AvgIpc) is 1.82. The summed E-state index contributed by atoms with van der Waals surface area (Å²) in [7, 11) is 0. The van der Waals surface area contributed by atoms with E-state index in [1.807, 2.05) is 19.9 Å². The SMILES string of the molecule is CC(C)CC(=O)CCC#N. The molecule has 2 nitrogen and oxygen atoms in total. The molecule has 0 heterocycles. The molecule has 0 N–H and O–H groups in total. The first-order valence-corrected chi connectivity index (χ1v) is 3.55. The zero-order valence-electron chi connectivity index (χ0n) is 6.55. The molecule has 0 aliphatic heterocycles. The largest absolute Gasteiger partial charge is 0.300 e. The molecule has 0 aromatic rings. The van der Waals surface area contributed by atoms with Gasteiger partial charge in [-0.25, -0.2) is 0 Å². The van der Waals surface area contributed by atoms with Gasteiger partial charge in [0.1, 0.15) is 5.78 Å². The predicted octanol–water partition coefficient (Wildman–Crippen LogP) is 1.91. The molecule has 0 radical (unpaired) electrons. The molecule has 0 saturated carbocycles. The summed E-state index contributed by atoms with van der Waals surface area (Å²) >= 11 is 0. The molecule has 0 aromatic carbocycles. The third kappa shape index (κ3) is 5.30. The number of hydrogen-bond acceptors (Lipinski definition) is 2. The molecular weight excluding hydrogens is 126 g/mol. The molecule has 0 aliphatic rings. The van der Waals surface area contributed by atoms with E-state index in [9.17, 15) is 4.79 Å². The lowest BCUT2D eigenvalue weighted by Crippen LogP contribution is -2.01. The van der Waals surface area contributed by atoms with Crippen LogP contribution in [0.4, 0.5) is 0 Å². The smallest absolute Gasteiger partial charge is 0.134 e. The van der Waals surface area contributed by atoms with E-state index >= 15 is 0 Å². The highest BCUT2D eigenvalue weighted by atomic mass is 16.1. The van der Waals surface area contributed by atoms with Gasteiger partial charge in [0.15, 0.2) is 0 Å². The van der Waals surface area contributed by atoms with Crippen molar-refractivity contribution in [1.82, 2.24) is 0 Å². The molecule has 0 atom stereocenters. The standard InChI is InChI=1S/C8H13NO/c1-7(2)6-8(10)4-3-5-9/h7H,3-4,6H2,1-2H3. The highest BCUT2D eigenvalue weighted by Gasteiger charge is 2.03. The first kappa shape index (κ1) is 9.16. The average molecular weight is 139 g/mol. The number of ketones is 1. The first-order chi connectivity index (χ1) is 4.66. The van der Waals surface area contributed by atoms with Gasteiger partial charge < -0.3 is 0 Å². The second-order valence-corrected chi connectivity index (χ2v) is 2.79. The minimum atomic E-state index is 0.205. The van der Waals surface area contributed by atoms with Crippen LogP contribution >= 0.6 is 0 Å². The van der Waals surface area contributed by atoms with Crippen LogP contribution in [0, 0.1) is 17.2 Å². The van der Waals surface area contributed by atoms with Gasteiger partial charge in [0.2, 0.25) is 0 Å². The van der Waals surface area contributed by atoms with E-state index in [0.717, 1.165) is 0 Å². The zero-order valence-corrected chi connectivity index (χ0v) is 6.55. The summed E-state index contributed by atoms with van der Waals surface area (Å²) in [5, 5.41) is 8.15. The van der Waals surface area contributed by atoms with Crippen molar-refractivity contribution in [2.75, 3.05) is 0 Å². The molecule has 0 bridgehead atoms. The van der Waals surface area contributed by atoms with Gasteiger partial charge >= 0.3 is 0 Å². The minimum absolute atomic E-state index is 0.205.